The molecule has 8 nitrogen and oxygen atoms in total. The Kier molecular flexibility index (Phi) is 6.54. The van der Waals surface area contributed by atoms with Crippen LogP contribution in [0.15, 0.2) is 53.4 Å². The molecule has 11 heteroatoms. The number of aromatic nitrogens is 1. The maximum Gasteiger partial charge on any atom is 0.409 e. The number of methoxy groups -OCH3 is 1. The van der Waals surface area contributed by atoms with E-state index in [0.717, 1.165) is 31.2 Å². The number of nitrogens with one attached hydrogen (secondary N) is 1. The third-order valence-electron chi connectivity index (χ3n) is 6.07. The Hall–Kier alpha value is -3.28. The van der Waals surface area contributed by atoms with Crippen LogP contribution in [-0.2, 0) is 27.5 Å². The average Bonchev–Trinajstić information content (AvgIpc) is 3.48. The fourth-order valence-corrected chi connectivity index (χ4v) is 7.69. The second-order valence-corrected chi connectivity index (χ2v) is 12.6. The summed E-state index contributed by atoms with van der Waals surface area (Å²) in [5.41, 5.74) is 2.81. The largest absolute Gasteiger partial charge is 0.453 e. The van der Waals surface area contributed by atoms with E-state index < -0.39 is 21.8 Å². The van der Waals surface area contributed by atoms with Crippen molar-refractivity contribution in [3.63, 3.8) is 0 Å². The summed E-state index contributed by atoms with van der Waals surface area (Å²) in [5, 5.41) is 4.32. The lowest BCUT2D eigenvalue weighted by Gasteiger charge is -2.25. The van der Waals surface area contributed by atoms with Crippen LogP contribution in [0.3, 0.4) is 0 Å². The third-order valence-corrected chi connectivity index (χ3v) is 10.0. The van der Waals surface area contributed by atoms with Gasteiger partial charge in [-0.15, -0.1) is 22.7 Å². The molecule has 5 rings (SSSR count). The predicted molar refractivity (Wildman–Crippen MR) is 142 cm³/mol. The van der Waals surface area contributed by atoms with E-state index in [2.05, 4.69) is 5.32 Å². The Bertz CT molecular complexity index is 1560. The number of sulfone groups is 1. The van der Waals surface area contributed by atoms with E-state index in [1.54, 1.807) is 24.0 Å². The SMILES string of the molecule is CCS(=O)(=O)c1ccccc1C(=O)Nc1sc2c(c1-c1nc3ccccc3s1)CCN(C(=O)OC)C2. The summed E-state index contributed by atoms with van der Waals surface area (Å²) in [4.78, 5) is 32.9. The Morgan fingerprint density at radius 1 is 1.11 bits per heavy atom. The van der Waals surface area contributed by atoms with Crippen molar-refractivity contribution in [2.45, 2.75) is 24.8 Å². The van der Waals surface area contributed by atoms with E-state index in [4.69, 9.17) is 9.72 Å². The minimum atomic E-state index is -3.59. The van der Waals surface area contributed by atoms with Gasteiger partial charge in [-0.05, 0) is 36.2 Å². The van der Waals surface area contributed by atoms with Crippen LogP contribution >= 0.6 is 22.7 Å². The summed E-state index contributed by atoms with van der Waals surface area (Å²) in [6.45, 7) is 2.40. The summed E-state index contributed by atoms with van der Waals surface area (Å²) in [6.07, 6.45) is 0.183. The zero-order valence-corrected chi connectivity index (χ0v) is 22.1. The third kappa shape index (κ3) is 4.38. The zero-order valence-electron chi connectivity index (χ0n) is 19.6. The van der Waals surface area contributed by atoms with Crippen LogP contribution in [0.5, 0.6) is 0 Å². The van der Waals surface area contributed by atoms with Crippen molar-refractivity contribution in [3.05, 3.63) is 64.5 Å². The fraction of sp³-hybridized carbons (Fsp3) is 0.240. The van der Waals surface area contributed by atoms with Crippen molar-refractivity contribution in [1.29, 1.82) is 0 Å². The number of amides is 2. The van der Waals surface area contributed by atoms with E-state index in [9.17, 15) is 18.0 Å². The lowest BCUT2D eigenvalue weighted by molar-refractivity contribution is 0.102. The highest BCUT2D eigenvalue weighted by Crippen LogP contribution is 2.46. The van der Waals surface area contributed by atoms with Crippen LogP contribution in [0.25, 0.3) is 20.8 Å². The molecule has 0 aliphatic carbocycles. The van der Waals surface area contributed by atoms with Crippen molar-refractivity contribution in [2.24, 2.45) is 0 Å². The highest BCUT2D eigenvalue weighted by atomic mass is 32.2. The number of ether oxygens (including phenoxy) is 1. The smallest absolute Gasteiger partial charge is 0.409 e. The van der Waals surface area contributed by atoms with E-state index in [-0.39, 0.29) is 16.2 Å². The van der Waals surface area contributed by atoms with Gasteiger partial charge in [-0.3, -0.25) is 4.79 Å². The number of carbonyl (C=O) groups is 2. The lowest BCUT2D eigenvalue weighted by Crippen LogP contribution is -2.35. The Labute approximate surface area is 216 Å². The van der Waals surface area contributed by atoms with Gasteiger partial charge in [0.2, 0.25) is 0 Å². The number of nitrogens with zero attached hydrogens (tertiary/aromatic N) is 2. The van der Waals surface area contributed by atoms with Crippen LogP contribution in [0.1, 0.15) is 27.7 Å². The summed E-state index contributed by atoms with van der Waals surface area (Å²) >= 11 is 2.91. The summed E-state index contributed by atoms with van der Waals surface area (Å²) in [7, 11) is -2.24. The second kappa shape index (κ2) is 9.64. The molecule has 186 valence electrons. The second-order valence-electron chi connectivity index (χ2n) is 8.19. The van der Waals surface area contributed by atoms with Gasteiger partial charge in [0, 0.05) is 17.0 Å². The van der Waals surface area contributed by atoms with Crippen LogP contribution in [0, 0.1) is 0 Å². The van der Waals surface area contributed by atoms with Crippen LogP contribution < -0.4 is 5.32 Å². The fourth-order valence-electron chi connectivity index (χ4n) is 4.23. The molecule has 0 spiro atoms. The molecule has 2 amide bonds. The first-order valence-corrected chi connectivity index (χ1v) is 14.6. The molecule has 0 bridgehead atoms. The number of hydrogen-bond donors (Lipinski definition) is 1. The van der Waals surface area contributed by atoms with Gasteiger partial charge in [0.25, 0.3) is 5.91 Å². The molecule has 0 fully saturated rings. The number of benzene rings is 2. The number of carbonyl (C=O) groups excluding carboxylic acids is 2. The number of fused-ring (bicyclic) bond motifs is 2. The number of anilines is 1. The van der Waals surface area contributed by atoms with Gasteiger partial charge >= 0.3 is 6.09 Å². The molecule has 0 saturated carbocycles. The molecule has 1 aliphatic heterocycles. The van der Waals surface area contributed by atoms with Crippen molar-refractivity contribution in [2.75, 3.05) is 24.7 Å². The van der Waals surface area contributed by atoms with E-state index >= 15 is 0 Å². The maximum absolute atomic E-state index is 13.4. The van der Waals surface area contributed by atoms with Gasteiger partial charge in [-0.2, -0.15) is 0 Å². The molecular formula is C25H23N3O5S3. The molecule has 0 saturated heterocycles. The van der Waals surface area contributed by atoms with Crippen molar-refractivity contribution >= 4 is 59.7 Å². The van der Waals surface area contributed by atoms with Crippen LogP contribution in [0.4, 0.5) is 9.80 Å². The summed E-state index contributed by atoms with van der Waals surface area (Å²) in [5.74, 6) is -0.612. The molecule has 36 heavy (non-hydrogen) atoms. The first kappa shape index (κ1) is 24.4. The molecule has 0 atom stereocenters. The summed E-state index contributed by atoms with van der Waals surface area (Å²) in [6, 6.07) is 14.0. The van der Waals surface area contributed by atoms with Gasteiger partial charge in [0.1, 0.15) is 10.0 Å². The number of para-hydroxylation sites is 1. The number of thiophene rings is 1. The molecule has 4 aromatic rings. The van der Waals surface area contributed by atoms with Crippen LogP contribution in [-0.4, -0.2) is 49.7 Å². The van der Waals surface area contributed by atoms with E-state index in [0.29, 0.717) is 24.5 Å². The first-order valence-electron chi connectivity index (χ1n) is 11.3. The molecule has 2 aromatic carbocycles. The Morgan fingerprint density at radius 2 is 1.86 bits per heavy atom. The minimum absolute atomic E-state index is 0.00437. The van der Waals surface area contributed by atoms with Gasteiger partial charge in [-0.1, -0.05) is 31.2 Å². The van der Waals surface area contributed by atoms with Gasteiger partial charge in [0.05, 0.1) is 40.1 Å². The minimum Gasteiger partial charge on any atom is -0.453 e. The topological polar surface area (TPSA) is 106 Å². The van der Waals surface area contributed by atoms with Crippen molar-refractivity contribution in [3.8, 4) is 10.6 Å². The molecule has 1 aliphatic rings. The lowest BCUT2D eigenvalue weighted by atomic mass is 10.0. The molecule has 1 N–H and O–H groups in total. The van der Waals surface area contributed by atoms with Gasteiger partial charge < -0.3 is 15.0 Å². The number of thiazole rings is 1. The monoisotopic (exact) mass is 541 g/mol. The number of hydrogen-bond acceptors (Lipinski definition) is 8. The quantitative estimate of drug-likeness (QED) is 0.373. The van der Waals surface area contributed by atoms with E-state index in [1.165, 1.54) is 41.9 Å². The van der Waals surface area contributed by atoms with Gasteiger partial charge in [-0.25, -0.2) is 18.2 Å². The molecule has 3 heterocycles. The molecule has 2 aromatic heterocycles. The standard InChI is InChI=1S/C25H23N3O5S3/c1-3-36(31,32)20-11-7-4-8-16(20)22(29)27-24-21(23-26-17-9-5-6-10-18(17)34-23)15-12-13-28(25(30)33-2)14-19(15)35-24/h4-11H,3,12-14H2,1-2H3,(H,27,29). The molecule has 0 radical (unpaired) electrons. The molecular weight excluding hydrogens is 518 g/mol. The van der Waals surface area contributed by atoms with Crippen LogP contribution in [0.2, 0.25) is 0 Å². The van der Waals surface area contributed by atoms with Crippen molar-refractivity contribution in [1.82, 2.24) is 9.88 Å². The predicted octanol–water partition coefficient (Wildman–Crippen LogP) is 5.20. The van der Waals surface area contributed by atoms with Crippen molar-refractivity contribution < 1.29 is 22.7 Å². The highest BCUT2D eigenvalue weighted by Gasteiger charge is 2.30. The maximum atomic E-state index is 13.4. The highest BCUT2D eigenvalue weighted by molar-refractivity contribution is 7.91. The average molecular weight is 542 g/mol. The molecule has 0 unspecified atom stereocenters. The number of rotatable bonds is 5. The zero-order chi connectivity index (χ0) is 25.4. The Morgan fingerprint density at radius 3 is 2.61 bits per heavy atom. The summed E-state index contributed by atoms with van der Waals surface area (Å²) < 4.78 is 31.2. The van der Waals surface area contributed by atoms with E-state index in [1.807, 2.05) is 24.3 Å². The Balaban J connectivity index is 1.60. The first-order chi connectivity index (χ1) is 17.3. The van der Waals surface area contributed by atoms with Gasteiger partial charge in [0.15, 0.2) is 9.84 Å². The normalized spacial score (nSPS) is 13.4.